The van der Waals surface area contributed by atoms with E-state index in [0.29, 0.717) is 0 Å². The second kappa shape index (κ2) is 7.29. The van der Waals surface area contributed by atoms with Gasteiger partial charge in [-0.25, -0.2) is 9.97 Å². The molecule has 0 saturated heterocycles. The summed E-state index contributed by atoms with van der Waals surface area (Å²) in [5, 5.41) is 5.48. The van der Waals surface area contributed by atoms with Gasteiger partial charge in [-0.2, -0.15) is 13.2 Å². The number of anilines is 2. The van der Waals surface area contributed by atoms with Gasteiger partial charge in [0.05, 0.1) is 18.0 Å². The SMILES string of the molecule is CCC(C)NC(=O)c1cnc(Nc2cccc(C(F)(F)F)c2)cn1. The van der Waals surface area contributed by atoms with Gasteiger partial charge in [0.15, 0.2) is 0 Å². The average molecular weight is 338 g/mol. The fourth-order valence-corrected chi connectivity index (χ4v) is 1.83. The normalized spacial score (nSPS) is 12.5. The number of carbonyl (C=O) groups is 1. The monoisotopic (exact) mass is 338 g/mol. The first-order chi connectivity index (χ1) is 11.3. The van der Waals surface area contributed by atoms with E-state index in [4.69, 9.17) is 0 Å². The molecule has 2 rings (SSSR count). The summed E-state index contributed by atoms with van der Waals surface area (Å²) in [5.74, 6) is -0.100. The van der Waals surface area contributed by atoms with Crippen molar-refractivity contribution in [3.05, 3.63) is 47.9 Å². The number of hydrogen-bond donors (Lipinski definition) is 2. The number of halogens is 3. The Kier molecular flexibility index (Phi) is 5.38. The number of nitrogens with one attached hydrogen (secondary N) is 2. The molecular formula is C16H17F3N4O. The average Bonchev–Trinajstić information content (AvgIpc) is 2.54. The standard InChI is InChI=1S/C16H17F3N4O/c1-3-10(2)22-15(24)13-8-21-14(9-20-13)23-12-6-4-5-11(7-12)16(17,18)19/h4-10H,3H2,1-2H3,(H,21,23)(H,22,24). The van der Waals surface area contributed by atoms with Gasteiger partial charge in [-0.3, -0.25) is 4.79 Å². The summed E-state index contributed by atoms with van der Waals surface area (Å²) in [5.41, 5.74) is -0.383. The maximum Gasteiger partial charge on any atom is 0.416 e. The minimum absolute atomic E-state index is 0.0159. The summed E-state index contributed by atoms with van der Waals surface area (Å²) < 4.78 is 38.0. The third-order valence-corrected chi connectivity index (χ3v) is 3.34. The molecule has 128 valence electrons. The van der Waals surface area contributed by atoms with Crippen molar-refractivity contribution in [2.75, 3.05) is 5.32 Å². The lowest BCUT2D eigenvalue weighted by Gasteiger charge is -2.11. The molecule has 5 nitrogen and oxygen atoms in total. The molecule has 8 heteroatoms. The second-order valence-electron chi connectivity index (χ2n) is 5.27. The summed E-state index contributed by atoms with van der Waals surface area (Å²) in [7, 11) is 0. The van der Waals surface area contributed by atoms with Crippen LogP contribution in [0.4, 0.5) is 24.7 Å². The largest absolute Gasteiger partial charge is 0.416 e. The maximum absolute atomic E-state index is 12.7. The molecule has 1 aromatic carbocycles. The van der Waals surface area contributed by atoms with Crippen LogP contribution in [0.5, 0.6) is 0 Å². The van der Waals surface area contributed by atoms with E-state index < -0.39 is 11.7 Å². The van der Waals surface area contributed by atoms with Crippen LogP contribution < -0.4 is 10.6 Å². The molecule has 1 amide bonds. The van der Waals surface area contributed by atoms with Crippen molar-refractivity contribution in [2.45, 2.75) is 32.5 Å². The molecule has 0 aliphatic rings. The summed E-state index contributed by atoms with van der Waals surface area (Å²) in [6.07, 6.45) is -1.06. The summed E-state index contributed by atoms with van der Waals surface area (Å²) in [6.45, 7) is 3.81. The van der Waals surface area contributed by atoms with Crippen LogP contribution in [0.3, 0.4) is 0 Å². The van der Waals surface area contributed by atoms with Crippen LogP contribution in [0, 0.1) is 0 Å². The van der Waals surface area contributed by atoms with Gasteiger partial charge in [-0.15, -0.1) is 0 Å². The lowest BCUT2D eigenvalue weighted by atomic mass is 10.2. The number of carbonyl (C=O) groups excluding carboxylic acids is 1. The van der Waals surface area contributed by atoms with Crippen molar-refractivity contribution in [3.8, 4) is 0 Å². The molecule has 0 bridgehead atoms. The van der Waals surface area contributed by atoms with E-state index in [2.05, 4.69) is 20.6 Å². The fraction of sp³-hybridized carbons (Fsp3) is 0.312. The van der Waals surface area contributed by atoms with Crippen LogP contribution in [-0.4, -0.2) is 21.9 Å². The Morgan fingerprint density at radius 1 is 1.25 bits per heavy atom. The molecule has 2 aromatic rings. The Morgan fingerprint density at radius 3 is 2.58 bits per heavy atom. The molecule has 1 heterocycles. The highest BCUT2D eigenvalue weighted by Crippen LogP contribution is 2.31. The van der Waals surface area contributed by atoms with Crippen LogP contribution in [-0.2, 0) is 6.18 Å². The van der Waals surface area contributed by atoms with E-state index >= 15 is 0 Å². The first-order valence-corrected chi connectivity index (χ1v) is 7.36. The van der Waals surface area contributed by atoms with Crippen molar-refractivity contribution in [2.24, 2.45) is 0 Å². The molecule has 1 unspecified atom stereocenters. The molecule has 0 spiro atoms. The predicted molar refractivity (Wildman–Crippen MR) is 84.0 cm³/mol. The molecular weight excluding hydrogens is 321 g/mol. The Morgan fingerprint density at radius 2 is 2.00 bits per heavy atom. The van der Waals surface area contributed by atoms with E-state index in [1.54, 1.807) is 0 Å². The van der Waals surface area contributed by atoms with Crippen LogP contribution in [0.25, 0.3) is 0 Å². The van der Waals surface area contributed by atoms with Gasteiger partial charge in [-0.1, -0.05) is 13.0 Å². The van der Waals surface area contributed by atoms with Crippen LogP contribution >= 0.6 is 0 Å². The molecule has 1 atom stereocenters. The number of alkyl halides is 3. The topological polar surface area (TPSA) is 66.9 Å². The zero-order valence-corrected chi connectivity index (χ0v) is 13.2. The van der Waals surface area contributed by atoms with Gasteiger partial charge >= 0.3 is 6.18 Å². The Balaban J connectivity index is 2.08. The highest BCUT2D eigenvalue weighted by Gasteiger charge is 2.30. The first kappa shape index (κ1) is 17.7. The van der Waals surface area contributed by atoms with Crippen molar-refractivity contribution >= 4 is 17.4 Å². The second-order valence-corrected chi connectivity index (χ2v) is 5.27. The molecule has 0 fully saturated rings. The molecule has 0 radical (unpaired) electrons. The first-order valence-electron chi connectivity index (χ1n) is 7.36. The van der Waals surface area contributed by atoms with Gasteiger partial charge < -0.3 is 10.6 Å². The Labute approximate surface area is 137 Å². The summed E-state index contributed by atoms with van der Waals surface area (Å²) in [6, 6.07) is 4.76. The van der Waals surface area contributed by atoms with Gasteiger partial charge in [0.1, 0.15) is 11.5 Å². The quantitative estimate of drug-likeness (QED) is 0.871. The molecule has 1 aromatic heterocycles. The van der Waals surface area contributed by atoms with Gasteiger partial charge in [0.25, 0.3) is 5.91 Å². The van der Waals surface area contributed by atoms with Gasteiger partial charge in [0, 0.05) is 11.7 Å². The highest BCUT2D eigenvalue weighted by molar-refractivity contribution is 5.92. The van der Waals surface area contributed by atoms with Crippen molar-refractivity contribution < 1.29 is 18.0 Å². The van der Waals surface area contributed by atoms with Crippen LogP contribution in [0.2, 0.25) is 0 Å². The smallest absolute Gasteiger partial charge is 0.348 e. The molecule has 0 aliphatic carbocycles. The zero-order valence-electron chi connectivity index (χ0n) is 13.2. The minimum Gasteiger partial charge on any atom is -0.348 e. The van der Waals surface area contributed by atoms with Crippen molar-refractivity contribution in [1.29, 1.82) is 0 Å². The summed E-state index contributed by atoms with van der Waals surface area (Å²) in [4.78, 5) is 19.9. The number of amides is 1. The molecule has 0 aliphatic heterocycles. The maximum atomic E-state index is 12.7. The van der Waals surface area contributed by atoms with Crippen molar-refractivity contribution in [1.82, 2.24) is 15.3 Å². The van der Waals surface area contributed by atoms with E-state index in [1.807, 2.05) is 13.8 Å². The predicted octanol–water partition coefficient (Wildman–Crippen LogP) is 3.77. The van der Waals surface area contributed by atoms with E-state index in [1.165, 1.54) is 24.5 Å². The van der Waals surface area contributed by atoms with Crippen molar-refractivity contribution in [3.63, 3.8) is 0 Å². The van der Waals surface area contributed by atoms with Crippen LogP contribution in [0.1, 0.15) is 36.3 Å². The van der Waals surface area contributed by atoms with Gasteiger partial charge in [-0.05, 0) is 31.5 Å². The number of nitrogens with zero attached hydrogens (tertiary/aromatic N) is 2. The minimum atomic E-state index is -4.42. The fourth-order valence-electron chi connectivity index (χ4n) is 1.83. The van der Waals surface area contributed by atoms with Crippen LogP contribution in [0.15, 0.2) is 36.7 Å². The van der Waals surface area contributed by atoms with E-state index in [0.717, 1.165) is 18.6 Å². The van der Waals surface area contributed by atoms with Gasteiger partial charge in [0.2, 0.25) is 0 Å². The lowest BCUT2D eigenvalue weighted by molar-refractivity contribution is -0.137. The summed E-state index contributed by atoms with van der Waals surface area (Å²) >= 11 is 0. The number of aromatic nitrogens is 2. The molecule has 24 heavy (non-hydrogen) atoms. The number of rotatable bonds is 5. The number of benzene rings is 1. The lowest BCUT2D eigenvalue weighted by Crippen LogP contribution is -2.32. The molecule has 0 saturated carbocycles. The zero-order chi connectivity index (χ0) is 17.7. The Bertz CT molecular complexity index is 701. The van der Waals surface area contributed by atoms with E-state index in [9.17, 15) is 18.0 Å². The number of hydrogen-bond acceptors (Lipinski definition) is 4. The Hall–Kier alpha value is -2.64. The molecule has 2 N–H and O–H groups in total. The third kappa shape index (κ3) is 4.68. The highest BCUT2D eigenvalue weighted by atomic mass is 19.4. The third-order valence-electron chi connectivity index (χ3n) is 3.34. The van der Waals surface area contributed by atoms with E-state index in [-0.39, 0.29) is 29.1 Å².